The molecule has 3 aromatic rings. The molecular weight excluding hydrogens is 630 g/mol. The van der Waals surface area contributed by atoms with Crippen molar-refractivity contribution in [2.24, 2.45) is 0 Å². The molecule has 0 aliphatic carbocycles. The highest BCUT2D eigenvalue weighted by molar-refractivity contribution is 5.79. The summed E-state index contributed by atoms with van der Waals surface area (Å²) in [7, 11) is 0. The number of fused-ring (bicyclic) bond motifs is 1. The highest BCUT2D eigenvalue weighted by Gasteiger charge is 2.27. The summed E-state index contributed by atoms with van der Waals surface area (Å²) in [5.41, 5.74) is 2.68. The lowest BCUT2D eigenvalue weighted by Crippen LogP contribution is -2.43. The Kier molecular flexibility index (Phi) is 21.9. The molecule has 9 heteroatoms. The molecule has 1 saturated heterocycles. The van der Waals surface area contributed by atoms with Crippen molar-refractivity contribution in [3.63, 3.8) is 0 Å². The fourth-order valence-corrected chi connectivity index (χ4v) is 4.47. The van der Waals surface area contributed by atoms with E-state index in [1.807, 2.05) is 104 Å². The van der Waals surface area contributed by atoms with Gasteiger partial charge in [0.15, 0.2) is 5.58 Å². The molecule has 0 atom stereocenters. The van der Waals surface area contributed by atoms with E-state index in [0.29, 0.717) is 55.9 Å². The summed E-state index contributed by atoms with van der Waals surface area (Å²) in [5.74, 6) is 1.94. The molecule has 0 radical (unpaired) electrons. The monoisotopic (exact) mass is 693 g/mol. The fraction of sp³-hybridized carbons (Fsp3) is 0.537. The van der Waals surface area contributed by atoms with Crippen LogP contribution in [-0.4, -0.2) is 59.0 Å². The number of piperidine rings is 1. The smallest absolute Gasteiger partial charge is 0.410 e. The van der Waals surface area contributed by atoms with E-state index < -0.39 is 5.60 Å². The van der Waals surface area contributed by atoms with Crippen LogP contribution in [0.3, 0.4) is 0 Å². The van der Waals surface area contributed by atoms with Crippen molar-refractivity contribution < 1.29 is 28.2 Å². The molecule has 278 valence electrons. The van der Waals surface area contributed by atoms with Gasteiger partial charge in [-0.2, -0.15) is 0 Å². The van der Waals surface area contributed by atoms with Crippen LogP contribution in [0, 0.1) is 0 Å². The van der Waals surface area contributed by atoms with E-state index in [4.69, 9.17) is 23.4 Å². The summed E-state index contributed by atoms with van der Waals surface area (Å²) in [6.07, 6.45) is 15.6. The van der Waals surface area contributed by atoms with Gasteiger partial charge in [-0.3, -0.25) is 4.98 Å². The van der Waals surface area contributed by atoms with Crippen LogP contribution in [0.2, 0.25) is 0 Å². The third-order valence-electron chi connectivity index (χ3n) is 6.72. The number of hydrogen-bond donors (Lipinski definition) is 0. The van der Waals surface area contributed by atoms with Gasteiger partial charge in [-0.15, -0.1) is 0 Å². The molecular formula is C41H63N3O6. The molecule has 1 aliphatic heterocycles. The van der Waals surface area contributed by atoms with Crippen molar-refractivity contribution in [2.45, 2.75) is 120 Å². The fourth-order valence-electron chi connectivity index (χ4n) is 4.47. The molecule has 50 heavy (non-hydrogen) atoms. The van der Waals surface area contributed by atoms with Crippen molar-refractivity contribution >= 4 is 22.8 Å². The summed E-state index contributed by atoms with van der Waals surface area (Å²) < 4.78 is 29.0. The zero-order valence-corrected chi connectivity index (χ0v) is 32.6. The summed E-state index contributed by atoms with van der Waals surface area (Å²) in [6, 6.07) is 9.34. The van der Waals surface area contributed by atoms with E-state index in [2.05, 4.69) is 42.9 Å². The Hall–Kier alpha value is -4.11. The van der Waals surface area contributed by atoms with Crippen molar-refractivity contribution in [1.82, 2.24) is 14.9 Å². The first-order valence-corrected chi connectivity index (χ1v) is 18.2. The summed E-state index contributed by atoms with van der Waals surface area (Å²) in [4.78, 5) is 23.0. The predicted octanol–water partition coefficient (Wildman–Crippen LogP) is 11.0. The number of aromatic nitrogens is 2. The van der Waals surface area contributed by atoms with E-state index in [-0.39, 0.29) is 12.2 Å². The van der Waals surface area contributed by atoms with Crippen LogP contribution in [0.4, 0.5) is 4.79 Å². The average molecular weight is 694 g/mol. The van der Waals surface area contributed by atoms with Gasteiger partial charge in [0.2, 0.25) is 5.89 Å². The van der Waals surface area contributed by atoms with Crippen LogP contribution in [0.1, 0.15) is 113 Å². The van der Waals surface area contributed by atoms with E-state index in [0.717, 1.165) is 36.0 Å². The Morgan fingerprint density at radius 1 is 0.960 bits per heavy atom. The number of carbonyl (C=O) groups excluding carboxylic acids is 1. The number of nitrogens with zero attached hydrogens (tertiary/aromatic N) is 3. The first-order chi connectivity index (χ1) is 24.1. The maximum absolute atomic E-state index is 12.2. The third-order valence-corrected chi connectivity index (χ3v) is 6.72. The van der Waals surface area contributed by atoms with Crippen molar-refractivity contribution in [2.75, 3.05) is 26.3 Å². The van der Waals surface area contributed by atoms with Crippen LogP contribution in [-0.2, 0) is 16.1 Å². The minimum Gasteiger partial charge on any atom is -0.490 e. The van der Waals surface area contributed by atoms with E-state index in [1.165, 1.54) is 6.42 Å². The summed E-state index contributed by atoms with van der Waals surface area (Å²) >= 11 is 0. The molecule has 0 N–H and O–H groups in total. The number of benzene rings is 1. The second-order valence-corrected chi connectivity index (χ2v) is 12.2. The molecule has 0 saturated carbocycles. The zero-order chi connectivity index (χ0) is 37.4. The molecule has 1 aliphatic rings. The normalized spacial score (nSPS) is 13.6. The molecule has 1 amide bonds. The minimum absolute atomic E-state index is 0.112. The van der Waals surface area contributed by atoms with Gasteiger partial charge < -0.3 is 28.3 Å². The predicted molar refractivity (Wildman–Crippen MR) is 206 cm³/mol. The second-order valence-electron chi connectivity index (χ2n) is 12.2. The standard InChI is InChI=1S/C31H39N3O6.C5H10.C3H8.C2H6/c1-6-8-22(7-2)29-33-27-19-25(11-12-28(27)39-29)38-21-23-9-10-26(20-32-23)37-18-17-36-24-13-15-34(16-14-24)30(35)40-31(3,4)5;1-3-5-4-2;1-3-2;1-2/h6-12,19-20,24H,13-18,21H2,1-5H3;3,5H,4H2,1-2H3;3H2,1-2H3;1-2H3/b8-6-,22-7+;5-3-;;. The van der Waals surface area contributed by atoms with Crippen LogP contribution in [0.5, 0.6) is 11.5 Å². The van der Waals surface area contributed by atoms with Crippen molar-refractivity contribution in [3.8, 4) is 11.5 Å². The molecule has 4 rings (SSSR count). The van der Waals surface area contributed by atoms with E-state index >= 15 is 0 Å². The largest absolute Gasteiger partial charge is 0.490 e. The van der Waals surface area contributed by atoms with Gasteiger partial charge in [0.1, 0.15) is 35.8 Å². The van der Waals surface area contributed by atoms with Crippen molar-refractivity contribution in [1.29, 1.82) is 0 Å². The van der Waals surface area contributed by atoms with Gasteiger partial charge in [0.25, 0.3) is 0 Å². The number of rotatable bonds is 11. The van der Waals surface area contributed by atoms with Gasteiger partial charge in [0, 0.05) is 24.7 Å². The van der Waals surface area contributed by atoms with Crippen LogP contribution < -0.4 is 9.47 Å². The molecule has 3 heterocycles. The molecule has 0 spiro atoms. The summed E-state index contributed by atoms with van der Waals surface area (Å²) in [6.45, 7) is 24.4. The van der Waals surface area contributed by atoms with Gasteiger partial charge in [-0.25, -0.2) is 9.78 Å². The Morgan fingerprint density at radius 3 is 2.18 bits per heavy atom. The van der Waals surface area contributed by atoms with Gasteiger partial charge in [0.05, 0.1) is 24.6 Å². The van der Waals surface area contributed by atoms with Crippen molar-refractivity contribution in [3.05, 3.63) is 78.5 Å². The SMILES string of the molecule is C/C=C\C(=C/C)c1nc2cc(OCc3ccc(OCCOC4CCN(C(=O)OC(C)(C)C)CC4)cn3)ccc2o1.C/C=C\CC.CC.CCC. The number of hydrogen-bond acceptors (Lipinski definition) is 8. The highest BCUT2D eigenvalue weighted by Crippen LogP contribution is 2.26. The van der Waals surface area contributed by atoms with E-state index in [1.54, 1.807) is 11.1 Å². The van der Waals surface area contributed by atoms with E-state index in [9.17, 15) is 4.79 Å². The third kappa shape index (κ3) is 17.0. The minimum atomic E-state index is -0.483. The Balaban J connectivity index is 0.00000111. The Labute approximate surface area is 301 Å². The Bertz CT molecular complexity index is 1430. The maximum atomic E-state index is 12.2. The number of carbonyl (C=O) groups is 1. The topological polar surface area (TPSA) is 96.2 Å². The average Bonchev–Trinajstić information content (AvgIpc) is 3.53. The zero-order valence-electron chi connectivity index (χ0n) is 32.6. The van der Waals surface area contributed by atoms with Crippen LogP contribution in [0.15, 0.2) is 71.3 Å². The number of oxazole rings is 1. The number of allylic oxidation sites excluding steroid dienone is 6. The lowest BCUT2D eigenvalue weighted by Gasteiger charge is -2.33. The van der Waals surface area contributed by atoms with Crippen LogP contribution in [0.25, 0.3) is 16.7 Å². The molecule has 0 unspecified atom stereocenters. The molecule has 1 aromatic carbocycles. The maximum Gasteiger partial charge on any atom is 0.410 e. The first kappa shape index (κ1) is 43.9. The molecule has 2 aromatic heterocycles. The van der Waals surface area contributed by atoms with Crippen LogP contribution >= 0.6 is 0 Å². The first-order valence-electron chi connectivity index (χ1n) is 18.2. The number of amides is 1. The molecule has 0 bridgehead atoms. The number of ether oxygens (including phenoxy) is 4. The van der Waals surface area contributed by atoms with Gasteiger partial charge in [-0.1, -0.05) is 71.4 Å². The second kappa shape index (κ2) is 24.9. The van der Waals surface area contributed by atoms with Gasteiger partial charge in [-0.05, 0) is 85.1 Å². The Morgan fingerprint density at radius 2 is 1.64 bits per heavy atom. The number of likely N-dealkylation sites (tertiary alicyclic amines) is 1. The molecule has 1 fully saturated rings. The molecule has 9 nitrogen and oxygen atoms in total. The lowest BCUT2D eigenvalue weighted by atomic mass is 10.1. The lowest BCUT2D eigenvalue weighted by molar-refractivity contribution is -0.0177. The highest BCUT2D eigenvalue weighted by atomic mass is 16.6. The number of pyridine rings is 1. The van der Waals surface area contributed by atoms with Gasteiger partial charge >= 0.3 is 6.09 Å². The summed E-state index contributed by atoms with van der Waals surface area (Å²) in [5, 5.41) is 0. The quantitative estimate of drug-likeness (QED) is 0.111.